The Morgan fingerprint density at radius 1 is 1.17 bits per heavy atom. The van der Waals surface area contributed by atoms with Gasteiger partial charge in [0.1, 0.15) is 0 Å². The fourth-order valence-electron chi connectivity index (χ4n) is 3.35. The minimum Gasteiger partial charge on any atom is -0.340 e. The van der Waals surface area contributed by atoms with Gasteiger partial charge in [0.25, 0.3) is 10.0 Å². The van der Waals surface area contributed by atoms with Gasteiger partial charge < -0.3 is 4.90 Å². The summed E-state index contributed by atoms with van der Waals surface area (Å²) in [6.07, 6.45) is 5.30. The summed E-state index contributed by atoms with van der Waals surface area (Å²) >= 11 is 1.55. The zero-order chi connectivity index (χ0) is 20.4. The second-order valence-electron chi connectivity index (χ2n) is 6.80. The van der Waals surface area contributed by atoms with Crippen LogP contribution in [0.2, 0.25) is 0 Å². The van der Waals surface area contributed by atoms with Gasteiger partial charge in [0, 0.05) is 67.8 Å². The van der Waals surface area contributed by atoms with E-state index in [4.69, 9.17) is 0 Å². The second-order valence-corrected chi connectivity index (χ2v) is 9.69. The lowest BCUT2D eigenvalue weighted by atomic mass is 10.2. The second kappa shape index (κ2) is 8.05. The van der Waals surface area contributed by atoms with Crippen LogP contribution in [0.5, 0.6) is 0 Å². The average molecular weight is 432 g/mol. The van der Waals surface area contributed by atoms with Gasteiger partial charge in [-0.25, -0.2) is 8.42 Å². The van der Waals surface area contributed by atoms with Crippen LogP contribution in [0.4, 0.5) is 0 Å². The van der Waals surface area contributed by atoms with Gasteiger partial charge >= 0.3 is 0 Å². The Kier molecular flexibility index (Phi) is 5.48. The van der Waals surface area contributed by atoms with Crippen LogP contribution >= 0.6 is 11.3 Å². The van der Waals surface area contributed by atoms with Crippen LogP contribution in [0.25, 0.3) is 11.1 Å². The molecule has 0 atom stereocenters. The number of aromatic nitrogens is 3. The first-order valence-electron chi connectivity index (χ1n) is 9.19. The van der Waals surface area contributed by atoms with Gasteiger partial charge in [-0.05, 0) is 17.5 Å². The third-order valence-electron chi connectivity index (χ3n) is 4.85. The number of thiophene rings is 1. The van der Waals surface area contributed by atoms with Crippen molar-refractivity contribution in [3.8, 4) is 11.1 Å². The van der Waals surface area contributed by atoms with Gasteiger partial charge in [-0.1, -0.05) is 12.1 Å². The Labute approximate surface area is 173 Å². The molecule has 3 aromatic heterocycles. The molecule has 0 aromatic carbocycles. The molecule has 0 saturated carbocycles. The summed E-state index contributed by atoms with van der Waals surface area (Å²) in [4.78, 5) is 19.3. The van der Waals surface area contributed by atoms with Gasteiger partial charge in [-0.2, -0.15) is 9.40 Å². The van der Waals surface area contributed by atoms with E-state index in [1.165, 1.54) is 8.99 Å². The van der Waals surface area contributed by atoms with Crippen LogP contribution in [0.3, 0.4) is 0 Å². The predicted octanol–water partition coefficient (Wildman–Crippen LogP) is 1.62. The molecule has 8 nitrogen and oxygen atoms in total. The van der Waals surface area contributed by atoms with E-state index < -0.39 is 10.0 Å². The number of amides is 1. The first kappa shape index (κ1) is 19.7. The van der Waals surface area contributed by atoms with E-state index in [0.717, 1.165) is 4.88 Å². The van der Waals surface area contributed by atoms with Crippen LogP contribution in [-0.2, 0) is 28.3 Å². The highest BCUT2D eigenvalue weighted by Crippen LogP contribution is 2.28. The Balaban J connectivity index is 1.49. The molecule has 29 heavy (non-hydrogen) atoms. The Morgan fingerprint density at radius 2 is 1.97 bits per heavy atom. The Bertz CT molecular complexity index is 1090. The lowest BCUT2D eigenvalue weighted by molar-refractivity contribution is -0.131. The molecule has 1 fully saturated rings. The smallest absolute Gasteiger partial charge is 0.263 e. The molecule has 152 valence electrons. The zero-order valence-corrected chi connectivity index (χ0v) is 17.6. The van der Waals surface area contributed by atoms with Crippen LogP contribution < -0.4 is 0 Å². The van der Waals surface area contributed by atoms with Crippen molar-refractivity contribution in [2.45, 2.75) is 11.4 Å². The van der Waals surface area contributed by atoms with Gasteiger partial charge in [0.05, 0.1) is 6.42 Å². The molecule has 10 heteroatoms. The Morgan fingerprint density at radius 3 is 2.62 bits per heavy atom. The highest BCUT2D eigenvalue weighted by molar-refractivity contribution is 7.89. The van der Waals surface area contributed by atoms with Crippen molar-refractivity contribution < 1.29 is 13.2 Å². The molecule has 1 amide bonds. The van der Waals surface area contributed by atoms with Crippen LogP contribution in [0.1, 0.15) is 4.88 Å². The average Bonchev–Trinajstić information content (AvgIpc) is 3.38. The van der Waals surface area contributed by atoms with Crippen molar-refractivity contribution in [2.24, 2.45) is 7.05 Å². The third kappa shape index (κ3) is 4.09. The minimum atomic E-state index is -3.78. The zero-order valence-electron chi connectivity index (χ0n) is 15.9. The summed E-state index contributed by atoms with van der Waals surface area (Å²) in [6, 6.07) is 7.43. The van der Waals surface area contributed by atoms with E-state index in [9.17, 15) is 13.2 Å². The minimum absolute atomic E-state index is 0.0198. The maximum atomic E-state index is 13.3. The fraction of sp³-hybridized carbons (Fsp3) is 0.316. The molecule has 0 spiro atoms. The largest absolute Gasteiger partial charge is 0.340 e. The highest BCUT2D eigenvalue weighted by Gasteiger charge is 2.34. The summed E-state index contributed by atoms with van der Waals surface area (Å²) in [5.41, 5.74) is 1.22. The summed E-state index contributed by atoms with van der Waals surface area (Å²) < 4.78 is 29.4. The van der Waals surface area contributed by atoms with Gasteiger partial charge in [0.2, 0.25) is 5.91 Å². The van der Waals surface area contributed by atoms with Crippen molar-refractivity contribution in [2.75, 3.05) is 26.2 Å². The van der Waals surface area contributed by atoms with Crippen molar-refractivity contribution in [3.05, 3.63) is 53.1 Å². The molecule has 1 saturated heterocycles. The number of hydrogen-bond donors (Lipinski definition) is 0. The van der Waals surface area contributed by atoms with Crippen LogP contribution in [0, 0.1) is 0 Å². The lowest BCUT2D eigenvalue weighted by Gasteiger charge is -2.33. The lowest BCUT2D eigenvalue weighted by Crippen LogP contribution is -2.51. The maximum absolute atomic E-state index is 13.3. The number of carbonyl (C=O) groups excluding carboxylic acids is 1. The van der Waals surface area contributed by atoms with E-state index in [-0.39, 0.29) is 24.0 Å². The van der Waals surface area contributed by atoms with Gasteiger partial charge in [0.15, 0.2) is 5.03 Å². The molecule has 0 radical (unpaired) electrons. The summed E-state index contributed by atoms with van der Waals surface area (Å²) in [5.74, 6) is 0.0263. The molecule has 0 N–H and O–H groups in total. The quantitative estimate of drug-likeness (QED) is 0.613. The van der Waals surface area contributed by atoms with Gasteiger partial charge in [-0.15, -0.1) is 11.3 Å². The van der Waals surface area contributed by atoms with E-state index >= 15 is 0 Å². The fourth-order valence-corrected chi connectivity index (χ4v) is 5.62. The molecule has 0 bridgehead atoms. The molecule has 1 aliphatic rings. The number of nitrogens with zero attached hydrogens (tertiary/aromatic N) is 5. The number of sulfonamides is 1. The molecule has 1 aliphatic heterocycles. The van der Waals surface area contributed by atoms with Crippen LogP contribution in [0.15, 0.2) is 53.3 Å². The molecule has 4 rings (SSSR count). The first-order valence-corrected chi connectivity index (χ1v) is 11.5. The van der Waals surface area contributed by atoms with E-state index in [0.29, 0.717) is 30.6 Å². The monoisotopic (exact) mass is 431 g/mol. The molecular weight excluding hydrogens is 410 g/mol. The number of carbonyl (C=O) groups is 1. The number of pyridine rings is 1. The van der Waals surface area contributed by atoms with Gasteiger partial charge in [-0.3, -0.25) is 14.5 Å². The summed E-state index contributed by atoms with van der Waals surface area (Å²) in [5, 5.41) is 6.18. The number of rotatable bonds is 5. The molecule has 0 aliphatic carbocycles. The number of aryl methyl sites for hydroxylation is 1. The summed E-state index contributed by atoms with van der Waals surface area (Å²) in [6.45, 7) is 1.25. The topological polar surface area (TPSA) is 88.4 Å². The predicted molar refractivity (Wildman–Crippen MR) is 110 cm³/mol. The Hall–Kier alpha value is -2.56. The summed E-state index contributed by atoms with van der Waals surface area (Å²) in [7, 11) is -2.09. The van der Waals surface area contributed by atoms with E-state index in [1.807, 2.05) is 23.6 Å². The SMILES string of the molecule is Cn1cc(-c2cccnc2)c(S(=O)(=O)N2CCN(C(=O)Cc3cccs3)CC2)n1. The van der Waals surface area contributed by atoms with E-state index in [1.54, 1.807) is 47.9 Å². The van der Waals surface area contributed by atoms with Crippen molar-refractivity contribution >= 4 is 27.3 Å². The van der Waals surface area contributed by atoms with E-state index in [2.05, 4.69) is 10.1 Å². The normalized spacial score (nSPS) is 15.6. The number of piperazine rings is 1. The molecule has 4 heterocycles. The maximum Gasteiger partial charge on any atom is 0.263 e. The first-order chi connectivity index (χ1) is 13.9. The standard InChI is InChI=1S/C19H21N5O3S2/c1-22-14-17(15-4-2-6-20-13-15)19(21-22)29(26,27)24-9-7-23(8-10-24)18(25)12-16-5-3-11-28-16/h2-6,11,13-14H,7-10,12H2,1H3. The molecule has 3 aromatic rings. The van der Waals surface area contributed by atoms with Crippen molar-refractivity contribution in [1.82, 2.24) is 24.0 Å². The van der Waals surface area contributed by atoms with Crippen molar-refractivity contribution in [3.63, 3.8) is 0 Å². The van der Waals surface area contributed by atoms with Crippen LogP contribution in [-0.4, -0.2) is 64.5 Å². The van der Waals surface area contributed by atoms with Crippen molar-refractivity contribution in [1.29, 1.82) is 0 Å². The molecule has 0 unspecified atom stereocenters. The molecular formula is C19H21N5O3S2. The third-order valence-corrected chi connectivity index (χ3v) is 7.56. The highest BCUT2D eigenvalue weighted by atomic mass is 32.2. The number of hydrogen-bond acceptors (Lipinski definition) is 6.